The number of aromatic amines is 1. The van der Waals surface area contributed by atoms with Crippen molar-refractivity contribution in [1.29, 1.82) is 0 Å². The van der Waals surface area contributed by atoms with Gasteiger partial charge in [0.25, 0.3) is 5.91 Å². The number of H-pyrrole nitrogens is 1. The van der Waals surface area contributed by atoms with E-state index in [1.807, 2.05) is 0 Å². The Balaban J connectivity index is 2.30. The van der Waals surface area contributed by atoms with Crippen molar-refractivity contribution in [2.75, 3.05) is 25.3 Å². The molecule has 0 spiro atoms. The first-order chi connectivity index (χ1) is 9.55. The summed E-state index contributed by atoms with van der Waals surface area (Å²) in [6.45, 7) is 0. The predicted octanol–water partition coefficient (Wildman–Crippen LogP) is 1.31. The Morgan fingerprint density at radius 2 is 2.05 bits per heavy atom. The van der Waals surface area contributed by atoms with E-state index in [0.717, 1.165) is 0 Å². The van der Waals surface area contributed by atoms with E-state index in [0.29, 0.717) is 22.2 Å². The SMILES string of the molecule is COc1cc(NC(=O)c2nc(N)n[nH]2)c(OC)cc1Cl. The lowest BCUT2D eigenvalue weighted by Crippen LogP contribution is -2.14. The Hall–Kier alpha value is -2.48. The maximum absolute atomic E-state index is 12.0. The molecule has 106 valence electrons. The number of hydrogen-bond donors (Lipinski definition) is 3. The molecule has 0 bridgehead atoms. The fraction of sp³-hybridized carbons (Fsp3) is 0.182. The molecule has 4 N–H and O–H groups in total. The van der Waals surface area contributed by atoms with Gasteiger partial charge in [-0.1, -0.05) is 11.6 Å². The van der Waals surface area contributed by atoms with Crippen molar-refractivity contribution in [1.82, 2.24) is 15.2 Å². The van der Waals surface area contributed by atoms with Crippen molar-refractivity contribution in [2.24, 2.45) is 0 Å². The number of amides is 1. The van der Waals surface area contributed by atoms with E-state index in [4.69, 9.17) is 26.8 Å². The third kappa shape index (κ3) is 2.75. The summed E-state index contributed by atoms with van der Waals surface area (Å²) in [5, 5.41) is 8.95. The Labute approximate surface area is 119 Å². The van der Waals surface area contributed by atoms with Crippen LogP contribution < -0.4 is 20.5 Å². The summed E-state index contributed by atoms with van der Waals surface area (Å²) in [5.41, 5.74) is 5.72. The molecule has 0 saturated carbocycles. The molecule has 0 fully saturated rings. The normalized spacial score (nSPS) is 10.2. The molecule has 2 rings (SSSR count). The highest BCUT2D eigenvalue weighted by Gasteiger charge is 2.16. The van der Waals surface area contributed by atoms with E-state index in [2.05, 4.69) is 20.5 Å². The summed E-state index contributed by atoms with van der Waals surface area (Å²) in [6, 6.07) is 3.07. The van der Waals surface area contributed by atoms with E-state index < -0.39 is 5.91 Å². The van der Waals surface area contributed by atoms with Gasteiger partial charge in [-0.2, -0.15) is 4.98 Å². The summed E-state index contributed by atoms with van der Waals surface area (Å²) >= 11 is 5.97. The van der Waals surface area contributed by atoms with Crippen LogP contribution in [0.4, 0.5) is 11.6 Å². The number of anilines is 2. The summed E-state index contributed by atoms with van der Waals surface area (Å²) in [7, 11) is 2.93. The number of carbonyl (C=O) groups excluding carboxylic acids is 1. The number of nitrogen functional groups attached to an aromatic ring is 1. The van der Waals surface area contributed by atoms with Crippen LogP contribution >= 0.6 is 11.6 Å². The van der Waals surface area contributed by atoms with E-state index >= 15 is 0 Å². The molecule has 0 saturated heterocycles. The molecule has 9 heteroatoms. The monoisotopic (exact) mass is 297 g/mol. The third-order valence-corrected chi connectivity index (χ3v) is 2.74. The maximum atomic E-state index is 12.0. The van der Waals surface area contributed by atoms with Crippen molar-refractivity contribution >= 4 is 29.1 Å². The van der Waals surface area contributed by atoms with Crippen LogP contribution in [0.25, 0.3) is 0 Å². The van der Waals surface area contributed by atoms with Gasteiger partial charge in [0.15, 0.2) is 0 Å². The lowest BCUT2D eigenvalue weighted by atomic mass is 10.2. The molecule has 0 aliphatic carbocycles. The highest BCUT2D eigenvalue weighted by Crippen LogP contribution is 2.35. The summed E-state index contributed by atoms with van der Waals surface area (Å²) in [4.78, 5) is 15.7. The minimum atomic E-state index is -0.517. The number of methoxy groups -OCH3 is 2. The summed E-state index contributed by atoms with van der Waals surface area (Å²) in [6.07, 6.45) is 0. The van der Waals surface area contributed by atoms with Crippen LogP contribution in [0, 0.1) is 0 Å². The predicted molar refractivity (Wildman–Crippen MR) is 73.3 cm³/mol. The number of nitrogens with one attached hydrogen (secondary N) is 2. The number of nitrogens with zero attached hydrogens (tertiary/aromatic N) is 2. The quantitative estimate of drug-likeness (QED) is 0.783. The fourth-order valence-electron chi connectivity index (χ4n) is 1.52. The van der Waals surface area contributed by atoms with Gasteiger partial charge in [-0.15, -0.1) is 5.10 Å². The molecule has 2 aromatic rings. The standard InChI is InChI=1S/C11H12ClN5O3/c1-19-7-4-6(8(20-2)3-5(7)12)14-10(18)9-15-11(13)17-16-9/h3-4H,1-2H3,(H,14,18)(H3,13,15,16,17). The molecule has 0 aliphatic heterocycles. The van der Waals surface area contributed by atoms with Crippen LogP contribution in [0.3, 0.4) is 0 Å². The maximum Gasteiger partial charge on any atom is 0.293 e. The number of nitrogens with two attached hydrogens (primary N) is 1. The van der Waals surface area contributed by atoms with E-state index in [-0.39, 0.29) is 11.8 Å². The molecule has 1 aromatic heterocycles. The first-order valence-corrected chi connectivity index (χ1v) is 5.83. The van der Waals surface area contributed by atoms with Crippen molar-refractivity contribution in [3.63, 3.8) is 0 Å². The molecule has 1 aromatic carbocycles. The number of rotatable bonds is 4. The van der Waals surface area contributed by atoms with Gasteiger partial charge in [0.05, 0.1) is 24.9 Å². The average Bonchev–Trinajstić information content (AvgIpc) is 2.87. The Morgan fingerprint density at radius 3 is 2.60 bits per heavy atom. The molecule has 1 heterocycles. The Kier molecular flexibility index (Phi) is 3.94. The van der Waals surface area contributed by atoms with Gasteiger partial charge in [0.1, 0.15) is 11.5 Å². The van der Waals surface area contributed by atoms with Crippen LogP contribution in [0.5, 0.6) is 11.5 Å². The molecule has 8 nitrogen and oxygen atoms in total. The molecular weight excluding hydrogens is 286 g/mol. The highest BCUT2D eigenvalue weighted by molar-refractivity contribution is 6.32. The molecule has 0 unspecified atom stereocenters. The zero-order valence-electron chi connectivity index (χ0n) is 10.7. The molecule has 0 radical (unpaired) electrons. The molecule has 0 aliphatic rings. The number of halogens is 1. The third-order valence-electron chi connectivity index (χ3n) is 2.44. The molecule has 20 heavy (non-hydrogen) atoms. The first kappa shape index (κ1) is 13.9. The van der Waals surface area contributed by atoms with Crippen molar-refractivity contribution < 1.29 is 14.3 Å². The van der Waals surface area contributed by atoms with Gasteiger partial charge in [-0.25, -0.2) is 0 Å². The van der Waals surface area contributed by atoms with E-state index in [1.54, 1.807) is 6.07 Å². The Morgan fingerprint density at radius 1 is 1.35 bits per heavy atom. The van der Waals surface area contributed by atoms with Gasteiger partial charge in [-0.05, 0) is 0 Å². The highest BCUT2D eigenvalue weighted by atomic mass is 35.5. The van der Waals surface area contributed by atoms with E-state index in [1.165, 1.54) is 20.3 Å². The molecular formula is C11H12ClN5O3. The second-order valence-corrected chi connectivity index (χ2v) is 4.09. The van der Waals surface area contributed by atoms with Crippen molar-refractivity contribution in [3.8, 4) is 11.5 Å². The van der Waals surface area contributed by atoms with Crippen LogP contribution in [0.15, 0.2) is 12.1 Å². The van der Waals surface area contributed by atoms with Crippen molar-refractivity contribution in [2.45, 2.75) is 0 Å². The zero-order chi connectivity index (χ0) is 14.7. The smallest absolute Gasteiger partial charge is 0.293 e. The van der Waals surface area contributed by atoms with Gasteiger partial charge in [-0.3, -0.25) is 9.89 Å². The molecule has 0 atom stereocenters. The largest absolute Gasteiger partial charge is 0.495 e. The van der Waals surface area contributed by atoms with Gasteiger partial charge in [0.2, 0.25) is 11.8 Å². The fourth-order valence-corrected chi connectivity index (χ4v) is 1.75. The summed E-state index contributed by atoms with van der Waals surface area (Å²) < 4.78 is 10.2. The summed E-state index contributed by atoms with van der Waals surface area (Å²) in [5.74, 6) is 0.239. The van der Waals surface area contributed by atoms with Gasteiger partial charge < -0.3 is 20.5 Å². The topological polar surface area (TPSA) is 115 Å². The minimum absolute atomic E-state index is 0.0153. The minimum Gasteiger partial charge on any atom is -0.495 e. The van der Waals surface area contributed by atoms with Crippen LogP contribution in [-0.4, -0.2) is 35.3 Å². The van der Waals surface area contributed by atoms with Crippen molar-refractivity contribution in [3.05, 3.63) is 23.0 Å². The number of benzene rings is 1. The number of hydrogen-bond acceptors (Lipinski definition) is 6. The van der Waals surface area contributed by atoms with Gasteiger partial charge >= 0.3 is 0 Å². The van der Waals surface area contributed by atoms with Gasteiger partial charge in [0, 0.05) is 12.1 Å². The molecule has 1 amide bonds. The average molecular weight is 298 g/mol. The number of carbonyl (C=O) groups is 1. The lowest BCUT2D eigenvalue weighted by molar-refractivity contribution is 0.101. The lowest BCUT2D eigenvalue weighted by Gasteiger charge is -2.12. The number of ether oxygens (including phenoxy) is 2. The second kappa shape index (κ2) is 5.66. The number of aromatic nitrogens is 3. The Bertz CT molecular complexity index is 643. The van der Waals surface area contributed by atoms with Crippen LogP contribution in [0.2, 0.25) is 5.02 Å². The van der Waals surface area contributed by atoms with Crippen LogP contribution in [-0.2, 0) is 0 Å². The zero-order valence-corrected chi connectivity index (χ0v) is 11.5. The van der Waals surface area contributed by atoms with E-state index in [9.17, 15) is 4.79 Å². The van der Waals surface area contributed by atoms with Crippen LogP contribution in [0.1, 0.15) is 10.6 Å². The second-order valence-electron chi connectivity index (χ2n) is 3.68. The first-order valence-electron chi connectivity index (χ1n) is 5.46.